The summed E-state index contributed by atoms with van der Waals surface area (Å²) in [7, 11) is 3.13. The molecule has 3 aromatic rings. The maximum Gasteiger partial charge on any atom is 0.250 e. The van der Waals surface area contributed by atoms with Gasteiger partial charge in [-0.15, -0.1) is 0 Å². The van der Waals surface area contributed by atoms with Gasteiger partial charge in [0.1, 0.15) is 11.5 Å². The molecule has 1 saturated heterocycles. The zero-order chi connectivity index (χ0) is 33.1. The van der Waals surface area contributed by atoms with Crippen LogP contribution in [-0.2, 0) is 14.3 Å². The molecule has 4 N–H and O–H groups in total. The number of halogens is 2. The average Bonchev–Trinajstić information content (AvgIpc) is 3.03. The van der Waals surface area contributed by atoms with E-state index in [4.69, 9.17) is 38.6 Å². The van der Waals surface area contributed by atoms with Crippen molar-refractivity contribution in [3.63, 3.8) is 0 Å². The minimum absolute atomic E-state index is 0.102. The van der Waals surface area contributed by atoms with E-state index in [2.05, 4.69) is 58.0 Å². The largest absolute Gasteiger partial charge is 0.496 e. The number of anilines is 3. The number of nitrogens with one attached hydrogen (secondary N) is 4. The van der Waals surface area contributed by atoms with Crippen LogP contribution in [0.25, 0.3) is 12.2 Å². The van der Waals surface area contributed by atoms with E-state index in [1.807, 2.05) is 36.4 Å². The van der Waals surface area contributed by atoms with Gasteiger partial charge < -0.3 is 29.7 Å². The van der Waals surface area contributed by atoms with Crippen molar-refractivity contribution in [3.8, 4) is 11.5 Å². The minimum atomic E-state index is -0.417. The van der Waals surface area contributed by atoms with Gasteiger partial charge in [0, 0.05) is 51.0 Å². The second-order valence-electron chi connectivity index (χ2n) is 9.66. The van der Waals surface area contributed by atoms with Gasteiger partial charge in [0.2, 0.25) is 11.8 Å². The molecule has 0 saturated carbocycles. The molecule has 1 aliphatic heterocycles. The summed E-state index contributed by atoms with van der Waals surface area (Å²) in [5.74, 6) is 0.421. The zero-order valence-electron chi connectivity index (χ0n) is 24.9. The fourth-order valence-electron chi connectivity index (χ4n) is 4.42. The van der Waals surface area contributed by atoms with Crippen LogP contribution in [0.4, 0.5) is 17.1 Å². The number of rotatable bonds is 9. The van der Waals surface area contributed by atoms with E-state index in [1.54, 1.807) is 44.6 Å². The molecule has 0 aromatic heterocycles. The highest BCUT2D eigenvalue weighted by Gasteiger charge is 2.17. The van der Waals surface area contributed by atoms with Crippen LogP contribution in [0.2, 0.25) is 0 Å². The van der Waals surface area contributed by atoms with Gasteiger partial charge in [-0.2, -0.15) is 0 Å². The van der Waals surface area contributed by atoms with Gasteiger partial charge in [0.25, 0.3) is 0 Å². The zero-order valence-corrected chi connectivity index (χ0v) is 29.7. The van der Waals surface area contributed by atoms with Crippen molar-refractivity contribution in [2.75, 3.05) is 56.1 Å². The lowest BCUT2D eigenvalue weighted by Crippen LogP contribution is -2.38. The fraction of sp³-hybridized carbons (Fsp3) is 0.188. The van der Waals surface area contributed by atoms with Crippen LogP contribution in [0.5, 0.6) is 11.5 Å². The van der Waals surface area contributed by atoms with E-state index >= 15 is 0 Å². The smallest absolute Gasteiger partial charge is 0.250 e. The average molecular weight is 790 g/mol. The van der Waals surface area contributed by atoms with E-state index in [9.17, 15) is 9.59 Å². The molecular formula is C32H31Br2N5O5S2. The van der Waals surface area contributed by atoms with Crippen LogP contribution >= 0.6 is 56.3 Å². The van der Waals surface area contributed by atoms with Gasteiger partial charge in [-0.1, -0.05) is 31.9 Å². The van der Waals surface area contributed by atoms with E-state index in [1.165, 1.54) is 12.2 Å². The first-order chi connectivity index (χ1) is 22.1. The van der Waals surface area contributed by atoms with Crippen LogP contribution in [0.1, 0.15) is 11.1 Å². The predicted octanol–water partition coefficient (Wildman–Crippen LogP) is 6.12. The molecule has 3 aromatic carbocycles. The molecule has 0 radical (unpaired) electrons. The van der Waals surface area contributed by atoms with E-state index in [0.717, 1.165) is 25.8 Å². The molecule has 1 aliphatic rings. The third-order valence-corrected chi connectivity index (χ3v) is 7.93. The SMILES string of the molecule is COc1ccc(Br)cc1/C=C/C(=O)NC(=S)Nc1ccc(N2CCOCC2)c(NC(=S)NC(=O)/C=C/c2cc(Br)ccc2OC)c1. The highest BCUT2D eigenvalue weighted by Crippen LogP contribution is 2.30. The summed E-state index contributed by atoms with van der Waals surface area (Å²) < 4.78 is 17.9. The van der Waals surface area contributed by atoms with Gasteiger partial charge in [-0.3, -0.25) is 20.2 Å². The first kappa shape index (κ1) is 35.0. The molecule has 46 heavy (non-hydrogen) atoms. The second-order valence-corrected chi connectivity index (χ2v) is 12.3. The number of nitrogens with zero attached hydrogens (tertiary/aromatic N) is 1. The highest BCUT2D eigenvalue weighted by molar-refractivity contribution is 9.10. The number of ether oxygens (including phenoxy) is 3. The van der Waals surface area contributed by atoms with Crippen LogP contribution < -0.4 is 35.6 Å². The predicted molar refractivity (Wildman–Crippen MR) is 198 cm³/mol. The third-order valence-electron chi connectivity index (χ3n) is 6.54. The van der Waals surface area contributed by atoms with Gasteiger partial charge in [-0.05, 0) is 91.2 Å². The number of benzene rings is 3. The Morgan fingerprint density at radius 1 is 0.783 bits per heavy atom. The number of hydrogen-bond acceptors (Lipinski definition) is 8. The summed E-state index contributed by atoms with van der Waals surface area (Å²) >= 11 is 17.7. The van der Waals surface area contributed by atoms with E-state index in [-0.39, 0.29) is 10.2 Å². The van der Waals surface area contributed by atoms with Gasteiger partial charge >= 0.3 is 0 Å². The molecule has 0 aliphatic carbocycles. The summed E-state index contributed by atoms with van der Waals surface area (Å²) in [4.78, 5) is 27.5. The molecule has 240 valence electrons. The Balaban J connectivity index is 1.43. The normalized spacial score (nSPS) is 12.9. The Bertz CT molecular complexity index is 1680. The molecule has 0 atom stereocenters. The summed E-state index contributed by atoms with van der Waals surface area (Å²) in [5, 5.41) is 11.7. The third kappa shape index (κ3) is 10.4. The molecule has 10 nitrogen and oxygen atoms in total. The molecule has 2 amide bonds. The topological polar surface area (TPSA) is 113 Å². The Labute approximate surface area is 294 Å². The molecule has 14 heteroatoms. The number of hydrogen-bond donors (Lipinski definition) is 4. The minimum Gasteiger partial charge on any atom is -0.496 e. The lowest BCUT2D eigenvalue weighted by Gasteiger charge is -2.31. The van der Waals surface area contributed by atoms with Gasteiger partial charge in [0.05, 0.1) is 38.8 Å². The Morgan fingerprint density at radius 2 is 1.30 bits per heavy atom. The molecular weight excluding hydrogens is 758 g/mol. The van der Waals surface area contributed by atoms with Crippen LogP contribution in [0.3, 0.4) is 0 Å². The number of thiocarbonyl (C=S) groups is 2. The maximum absolute atomic E-state index is 12.7. The van der Waals surface area contributed by atoms with Crippen molar-refractivity contribution >= 4 is 108 Å². The Hall–Kier alpha value is -3.82. The summed E-state index contributed by atoms with van der Waals surface area (Å²) in [5.41, 5.74) is 3.54. The molecule has 1 heterocycles. The summed E-state index contributed by atoms with van der Waals surface area (Å²) in [6, 6.07) is 16.5. The molecule has 0 bridgehead atoms. The summed E-state index contributed by atoms with van der Waals surface area (Å²) in [6.07, 6.45) is 6.03. The number of morpholine rings is 1. The monoisotopic (exact) mass is 787 g/mol. The Kier molecular flexibility index (Phi) is 13.1. The molecule has 1 fully saturated rings. The van der Waals surface area contributed by atoms with Crippen molar-refractivity contribution < 1.29 is 23.8 Å². The summed E-state index contributed by atoms with van der Waals surface area (Å²) in [6.45, 7) is 2.53. The van der Waals surface area contributed by atoms with Crippen molar-refractivity contribution in [1.82, 2.24) is 10.6 Å². The molecule has 0 spiro atoms. The number of methoxy groups -OCH3 is 2. The molecule has 4 rings (SSSR count). The first-order valence-electron chi connectivity index (χ1n) is 13.9. The van der Waals surface area contributed by atoms with Gasteiger partial charge in [-0.25, -0.2) is 0 Å². The quantitative estimate of drug-likeness (QED) is 0.150. The lowest BCUT2D eigenvalue weighted by molar-refractivity contribution is -0.115. The lowest BCUT2D eigenvalue weighted by atomic mass is 10.2. The molecule has 0 unspecified atom stereocenters. The Morgan fingerprint density at radius 3 is 1.83 bits per heavy atom. The van der Waals surface area contributed by atoms with E-state index < -0.39 is 11.8 Å². The standard InChI is InChI=1S/C32H31Br2N5O5S2/c1-42-27-9-5-22(33)17-20(27)3-11-29(40)37-31(45)35-24-7-8-26(39-13-15-44-16-14-39)25(19-24)36-32(46)38-30(41)12-4-21-18-23(34)6-10-28(21)43-2/h3-12,17-19H,13-16H2,1-2H3,(H2,35,37,40,45)(H2,36,38,41,46)/b11-3+,12-4+. The fourth-order valence-corrected chi connectivity index (χ4v) is 5.61. The van der Waals surface area contributed by atoms with Crippen LogP contribution in [-0.4, -0.2) is 62.6 Å². The van der Waals surface area contributed by atoms with Crippen LogP contribution in [0.15, 0.2) is 75.7 Å². The van der Waals surface area contributed by atoms with Crippen LogP contribution in [0, 0.1) is 0 Å². The highest BCUT2D eigenvalue weighted by atomic mass is 79.9. The van der Waals surface area contributed by atoms with E-state index in [0.29, 0.717) is 49.2 Å². The van der Waals surface area contributed by atoms with Crippen molar-refractivity contribution in [2.45, 2.75) is 0 Å². The number of carbonyl (C=O) groups is 2. The van der Waals surface area contributed by atoms with Crippen molar-refractivity contribution in [2.24, 2.45) is 0 Å². The van der Waals surface area contributed by atoms with Crippen molar-refractivity contribution in [3.05, 3.63) is 86.8 Å². The first-order valence-corrected chi connectivity index (χ1v) is 16.3. The maximum atomic E-state index is 12.7. The second kappa shape index (κ2) is 17.2. The number of amides is 2. The van der Waals surface area contributed by atoms with Crippen molar-refractivity contribution in [1.29, 1.82) is 0 Å². The number of carbonyl (C=O) groups excluding carboxylic acids is 2. The van der Waals surface area contributed by atoms with Gasteiger partial charge in [0.15, 0.2) is 10.2 Å².